The molecule has 0 amide bonds. The van der Waals surface area contributed by atoms with Crippen LogP contribution in [0.4, 0.5) is 0 Å². The Hall–Kier alpha value is -2.43. The van der Waals surface area contributed by atoms with Crippen LogP contribution in [0.5, 0.6) is 0 Å². The second kappa shape index (κ2) is 36.1. The standard InChI is InChI=1S/C13H12.C6H6O3S.6C2H6/c1-3-7-12(8-4-1)11-13-9-5-2-6-10-13;7-10(8,9)6-4-2-1-3-5-6;6*1-2/h1-10H,11H2;1-5H,(H,7,8,9);6*1-2H3/p-1. The van der Waals surface area contributed by atoms with Gasteiger partial charge in [-0.25, -0.2) is 8.42 Å². The van der Waals surface area contributed by atoms with Crippen molar-refractivity contribution in [3.05, 3.63) is 102 Å². The molecule has 0 bridgehead atoms. The van der Waals surface area contributed by atoms with Gasteiger partial charge in [0.25, 0.3) is 0 Å². The highest BCUT2D eigenvalue weighted by molar-refractivity contribution is 7.85. The van der Waals surface area contributed by atoms with E-state index in [0.29, 0.717) is 0 Å². The first-order chi connectivity index (χ1) is 17.1. The van der Waals surface area contributed by atoms with Crippen molar-refractivity contribution in [2.75, 3.05) is 0 Å². The van der Waals surface area contributed by atoms with Crippen LogP contribution in [-0.2, 0) is 16.5 Å². The Morgan fingerprint density at radius 3 is 0.886 bits per heavy atom. The van der Waals surface area contributed by atoms with Crippen molar-refractivity contribution in [1.82, 2.24) is 0 Å². The molecular formula is C31H53O3S-. The van der Waals surface area contributed by atoms with Crippen LogP contribution in [0.15, 0.2) is 95.9 Å². The number of benzene rings is 3. The van der Waals surface area contributed by atoms with Crippen LogP contribution in [0.1, 0.15) is 94.2 Å². The van der Waals surface area contributed by atoms with Crippen molar-refractivity contribution in [3.63, 3.8) is 0 Å². The molecule has 0 atom stereocenters. The molecule has 3 nitrogen and oxygen atoms in total. The molecule has 0 N–H and O–H groups in total. The zero-order valence-electron chi connectivity index (χ0n) is 24.5. The zero-order valence-corrected chi connectivity index (χ0v) is 25.3. The lowest BCUT2D eigenvalue weighted by Crippen LogP contribution is -1.96. The Morgan fingerprint density at radius 1 is 0.457 bits per heavy atom. The van der Waals surface area contributed by atoms with E-state index in [1.54, 1.807) is 6.07 Å². The van der Waals surface area contributed by atoms with Crippen molar-refractivity contribution in [3.8, 4) is 0 Å². The molecule has 35 heavy (non-hydrogen) atoms. The van der Waals surface area contributed by atoms with E-state index < -0.39 is 10.1 Å². The minimum atomic E-state index is -4.25. The van der Waals surface area contributed by atoms with Gasteiger partial charge >= 0.3 is 0 Å². The molecule has 4 heteroatoms. The quantitative estimate of drug-likeness (QED) is 0.333. The first-order valence-corrected chi connectivity index (χ1v) is 14.6. The lowest BCUT2D eigenvalue weighted by atomic mass is 10.1. The SMILES string of the molecule is CC.CC.CC.CC.CC.CC.O=S(=O)([O-])c1ccccc1.c1ccc(Cc2ccccc2)cc1. The highest BCUT2D eigenvalue weighted by atomic mass is 32.2. The van der Waals surface area contributed by atoms with Crippen LogP contribution in [-0.4, -0.2) is 13.0 Å². The van der Waals surface area contributed by atoms with E-state index in [1.165, 1.54) is 35.4 Å². The van der Waals surface area contributed by atoms with Gasteiger partial charge in [-0.2, -0.15) is 0 Å². The van der Waals surface area contributed by atoms with E-state index in [2.05, 4.69) is 60.7 Å². The van der Waals surface area contributed by atoms with Crippen molar-refractivity contribution in [2.45, 2.75) is 94.4 Å². The van der Waals surface area contributed by atoms with E-state index in [-0.39, 0.29) is 4.90 Å². The molecule has 0 aliphatic rings. The van der Waals surface area contributed by atoms with Gasteiger partial charge in [-0.1, -0.05) is 162 Å². The Bertz CT molecular complexity index is 764. The molecular weight excluding hydrogens is 452 g/mol. The van der Waals surface area contributed by atoms with Gasteiger partial charge in [0.1, 0.15) is 10.1 Å². The maximum Gasteiger partial charge on any atom is 0.124 e. The molecule has 0 aliphatic heterocycles. The number of hydrogen-bond acceptors (Lipinski definition) is 3. The summed E-state index contributed by atoms with van der Waals surface area (Å²) in [6.07, 6.45) is 1.03. The average Bonchev–Trinajstić information content (AvgIpc) is 2.97. The van der Waals surface area contributed by atoms with Crippen LogP contribution in [0, 0.1) is 0 Å². The van der Waals surface area contributed by atoms with E-state index in [9.17, 15) is 13.0 Å². The predicted octanol–water partition coefficient (Wildman–Crippen LogP) is 10.0. The highest BCUT2D eigenvalue weighted by Gasteiger charge is 1.96. The fraction of sp³-hybridized carbons (Fsp3) is 0.419. The van der Waals surface area contributed by atoms with Crippen molar-refractivity contribution in [2.24, 2.45) is 0 Å². The largest absolute Gasteiger partial charge is 0.744 e. The van der Waals surface area contributed by atoms with Crippen LogP contribution in [0.25, 0.3) is 0 Å². The third kappa shape index (κ3) is 27.7. The second-order valence-corrected chi connectivity index (χ2v) is 6.29. The molecule has 0 aliphatic carbocycles. The molecule has 0 unspecified atom stereocenters. The van der Waals surface area contributed by atoms with Gasteiger partial charge in [0, 0.05) is 0 Å². The summed E-state index contributed by atoms with van der Waals surface area (Å²) in [5.41, 5.74) is 2.74. The van der Waals surface area contributed by atoms with Crippen molar-refractivity contribution in [1.29, 1.82) is 0 Å². The minimum absolute atomic E-state index is 0.185. The molecule has 3 aromatic carbocycles. The molecule has 0 heterocycles. The summed E-state index contributed by atoms with van der Waals surface area (Å²) >= 11 is 0. The number of rotatable bonds is 3. The Kier molecular flexibility index (Phi) is 44.1. The van der Waals surface area contributed by atoms with Crippen LogP contribution >= 0.6 is 0 Å². The fourth-order valence-corrected chi connectivity index (χ4v) is 2.51. The topological polar surface area (TPSA) is 57.2 Å². The van der Waals surface area contributed by atoms with Crippen LogP contribution in [0.3, 0.4) is 0 Å². The summed E-state index contributed by atoms with van der Waals surface area (Å²) in [4.78, 5) is -0.185. The van der Waals surface area contributed by atoms with Gasteiger partial charge in [0.05, 0.1) is 4.90 Å². The van der Waals surface area contributed by atoms with E-state index in [4.69, 9.17) is 0 Å². The maximum absolute atomic E-state index is 10.3. The normalized spacial score (nSPS) is 7.91. The Balaban J connectivity index is -0.000000122. The summed E-state index contributed by atoms with van der Waals surface area (Å²) in [5, 5.41) is 0. The molecule has 0 saturated carbocycles. The first kappa shape index (κ1) is 42.7. The van der Waals surface area contributed by atoms with Gasteiger partial charge in [0.15, 0.2) is 0 Å². The fourth-order valence-electron chi connectivity index (χ4n) is 2.01. The first-order valence-electron chi connectivity index (χ1n) is 13.1. The van der Waals surface area contributed by atoms with Crippen LogP contribution in [0.2, 0.25) is 0 Å². The molecule has 0 fully saturated rings. The van der Waals surface area contributed by atoms with E-state index in [1.807, 2.05) is 83.1 Å². The molecule has 0 saturated heterocycles. The smallest absolute Gasteiger partial charge is 0.124 e. The van der Waals surface area contributed by atoms with Crippen molar-refractivity contribution < 1.29 is 13.0 Å². The minimum Gasteiger partial charge on any atom is -0.744 e. The Labute approximate surface area is 219 Å². The van der Waals surface area contributed by atoms with E-state index >= 15 is 0 Å². The lowest BCUT2D eigenvalue weighted by Gasteiger charge is -2.04. The average molecular weight is 506 g/mol. The van der Waals surface area contributed by atoms with Gasteiger partial charge < -0.3 is 4.55 Å². The summed E-state index contributed by atoms with van der Waals surface area (Å²) in [6.45, 7) is 24.0. The summed E-state index contributed by atoms with van der Waals surface area (Å²) in [7, 11) is -4.25. The third-order valence-electron chi connectivity index (χ3n) is 3.13. The summed E-state index contributed by atoms with van der Waals surface area (Å²) < 4.78 is 30.8. The molecule has 3 aromatic rings. The van der Waals surface area contributed by atoms with Gasteiger partial charge in [-0.3, -0.25) is 0 Å². The maximum atomic E-state index is 10.3. The predicted molar refractivity (Wildman–Crippen MR) is 158 cm³/mol. The molecule has 0 radical (unpaired) electrons. The highest BCUT2D eigenvalue weighted by Crippen LogP contribution is 2.08. The molecule has 0 spiro atoms. The Morgan fingerprint density at radius 2 is 0.686 bits per heavy atom. The molecule has 202 valence electrons. The third-order valence-corrected chi connectivity index (χ3v) is 3.98. The zero-order chi connectivity index (χ0) is 28.5. The van der Waals surface area contributed by atoms with Crippen LogP contribution < -0.4 is 0 Å². The van der Waals surface area contributed by atoms with Gasteiger partial charge in [-0.15, -0.1) is 0 Å². The van der Waals surface area contributed by atoms with E-state index in [0.717, 1.165) is 6.42 Å². The van der Waals surface area contributed by atoms with Crippen molar-refractivity contribution >= 4 is 10.1 Å². The summed E-state index contributed by atoms with van der Waals surface area (Å²) in [6, 6.07) is 28.3. The van der Waals surface area contributed by atoms with Gasteiger partial charge in [-0.05, 0) is 29.7 Å². The molecule has 3 rings (SSSR count). The monoisotopic (exact) mass is 505 g/mol. The summed E-state index contributed by atoms with van der Waals surface area (Å²) in [5.74, 6) is 0. The molecule has 0 aromatic heterocycles. The second-order valence-electron chi connectivity index (χ2n) is 4.92. The lowest BCUT2D eigenvalue weighted by molar-refractivity contribution is 0.463. The van der Waals surface area contributed by atoms with Gasteiger partial charge in [0.2, 0.25) is 0 Å². The number of hydrogen-bond donors (Lipinski definition) is 0.